The van der Waals surface area contributed by atoms with E-state index in [1.54, 1.807) is 23.9 Å². The second-order valence-electron chi connectivity index (χ2n) is 7.84. The highest BCUT2D eigenvalue weighted by molar-refractivity contribution is 8.12. The van der Waals surface area contributed by atoms with Crippen LogP contribution in [0.4, 0.5) is 0 Å². The third-order valence-electron chi connectivity index (χ3n) is 3.76. The molecule has 2 aromatic carbocycles. The molecule has 0 saturated heterocycles. The Labute approximate surface area is 149 Å². The van der Waals surface area contributed by atoms with Crippen molar-refractivity contribution in [2.45, 2.75) is 62.2 Å². The van der Waals surface area contributed by atoms with Crippen molar-refractivity contribution in [3.63, 3.8) is 0 Å². The molecule has 0 aromatic heterocycles. The van der Waals surface area contributed by atoms with Crippen molar-refractivity contribution in [3.8, 4) is 0 Å². The van der Waals surface area contributed by atoms with Crippen molar-refractivity contribution < 1.29 is 0 Å². The number of hydrogen-bond acceptors (Lipinski definition) is 3. The van der Waals surface area contributed by atoms with Crippen molar-refractivity contribution in [2.75, 3.05) is 0 Å². The van der Waals surface area contributed by atoms with E-state index in [4.69, 9.17) is 0 Å². The van der Waals surface area contributed by atoms with Gasteiger partial charge in [-0.15, -0.1) is 0 Å². The van der Waals surface area contributed by atoms with Crippen LogP contribution in [0.25, 0.3) is 0 Å². The molecular weight excluding hydrogens is 318 g/mol. The minimum atomic E-state index is 0.209. The third kappa shape index (κ3) is 5.59. The van der Waals surface area contributed by atoms with Gasteiger partial charge in [-0.3, -0.25) is 0 Å². The highest BCUT2D eigenvalue weighted by atomic mass is 32.2. The van der Waals surface area contributed by atoms with Crippen molar-refractivity contribution in [1.29, 1.82) is 0 Å². The lowest BCUT2D eigenvalue weighted by Crippen LogP contribution is -2.10. The fourth-order valence-corrected chi connectivity index (χ4v) is 3.64. The quantitative estimate of drug-likeness (QED) is 0.628. The fraction of sp³-hybridized carbons (Fsp3) is 0.400. The normalized spacial score (nSPS) is 12.4. The van der Waals surface area contributed by atoms with E-state index in [9.17, 15) is 0 Å². The average Bonchev–Trinajstić information content (AvgIpc) is 2.46. The molecule has 0 unspecified atom stereocenters. The van der Waals surface area contributed by atoms with Crippen molar-refractivity contribution in [3.05, 3.63) is 59.7 Å². The first-order chi connectivity index (χ1) is 10.7. The molecule has 0 amide bonds. The summed E-state index contributed by atoms with van der Waals surface area (Å²) in [4.78, 5) is 2.47. The molecule has 124 valence electrons. The monoisotopic (exact) mass is 345 g/mol. The second-order valence-corrected chi connectivity index (χ2v) is 9.85. The van der Waals surface area contributed by atoms with Gasteiger partial charge in [0.25, 0.3) is 0 Å². The molecule has 0 radical (unpaired) electrons. The van der Waals surface area contributed by atoms with Gasteiger partial charge in [0.15, 0.2) is 0 Å². The Bertz CT molecular complexity index is 559. The van der Waals surface area contributed by atoms with Gasteiger partial charge in [-0.2, -0.15) is 4.13 Å². The van der Waals surface area contributed by atoms with Gasteiger partial charge in [-0.1, -0.05) is 65.8 Å². The molecule has 0 aliphatic carbocycles. The summed E-state index contributed by atoms with van der Waals surface area (Å²) in [6.07, 6.45) is 0. The second kappa shape index (κ2) is 7.33. The van der Waals surface area contributed by atoms with Crippen LogP contribution in [0.2, 0.25) is 0 Å². The standard InChI is InChI=1S/C20H27NS2/c1-19(2,3)15-7-11-17(12-8-15)22-21-23-18-13-9-16(10-14-18)20(4,5)6/h7-14,21H,1-6H3. The molecule has 0 aliphatic rings. The van der Waals surface area contributed by atoms with Crippen molar-refractivity contribution >= 4 is 23.9 Å². The largest absolute Gasteiger partial charge is 0.199 e. The van der Waals surface area contributed by atoms with E-state index < -0.39 is 0 Å². The number of nitrogens with one attached hydrogen (secondary N) is 1. The lowest BCUT2D eigenvalue weighted by atomic mass is 9.87. The van der Waals surface area contributed by atoms with Gasteiger partial charge in [0, 0.05) is 9.79 Å². The van der Waals surface area contributed by atoms with E-state index in [1.807, 2.05) is 0 Å². The molecule has 0 spiro atoms. The van der Waals surface area contributed by atoms with E-state index in [1.165, 1.54) is 20.9 Å². The molecule has 0 atom stereocenters. The zero-order valence-corrected chi connectivity index (χ0v) is 16.6. The Hall–Kier alpha value is -0.900. The average molecular weight is 346 g/mol. The Kier molecular flexibility index (Phi) is 5.88. The first-order valence-corrected chi connectivity index (χ1v) is 9.59. The van der Waals surface area contributed by atoms with Crippen molar-refractivity contribution in [1.82, 2.24) is 4.13 Å². The van der Waals surface area contributed by atoms with E-state index in [2.05, 4.69) is 94.2 Å². The van der Waals surface area contributed by atoms with E-state index >= 15 is 0 Å². The maximum Gasteiger partial charge on any atom is 0.0236 e. The van der Waals surface area contributed by atoms with Crippen LogP contribution >= 0.6 is 23.9 Å². The lowest BCUT2D eigenvalue weighted by molar-refractivity contribution is 0.589. The molecule has 0 bridgehead atoms. The molecule has 3 heteroatoms. The lowest BCUT2D eigenvalue weighted by Gasteiger charge is -2.19. The summed E-state index contributed by atoms with van der Waals surface area (Å²) in [5, 5.41) is 0. The molecule has 0 saturated carbocycles. The van der Waals surface area contributed by atoms with Crippen LogP contribution in [0.1, 0.15) is 52.7 Å². The molecule has 0 aliphatic heterocycles. The SMILES string of the molecule is CC(C)(C)c1ccc(SNSc2ccc(C(C)(C)C)cc2)cc1. The summed E-state index contributed by atoms with van der Waals surface area (Å²) in [5.41, 5.74) is 3.15. The summed E-state index contributed by atoms with van der Waals surface area (Å²) >= 11 is 3.31. The molecule has 1 nitrogen and oxygen atoms in total. The molecule has 1 N–H and O–H groups in total. The van der Waals surface area contributed by atoms with Crippen molar-refractivity contribution in [2.24, 2.45) is 0 Å². The minimum absolute atomic E-state index is 0.209. The molecule has 2 rings (SSSR count). The smallest absolute Gasteiger partial charge is 0.0236 e. The third-order valence-corrected chi connectivity index (χ3v) is 5.44. The van der Waals surface area contributed by atoms with Crippen LogP contribution in [-0.2, 0) is 10.8 Å². The summed E-state index contributed by atoms with van der Waals surface area (Å²) in [5.74, 6) is 0. The van der Waals surface area contributed by atoms with Crippen LogP contribution in [-0.4, -0.2) is 0 Å². The van der Waals surface area contributed by atoms with E-state index in [0.29, 0.717) is 0 Å². The first-order valence-electron chi connectivity index (χ1n) is 7.96. The molecule has 23 heavy (non-hydrogen) atoms. The minimum Gasteiger partial charge on any atom is -0.199 e. The van der Waals surface area contributed by atoms with Crippen LogP contribution < -0.4 is 4.13 Å². The fourth-order valence-electron chi connectivity index (χ4n) is 2.16. The first kappa shape index (κ1) is 18.4. The van der Waals surface area contributed by atoms with Gasteiger partial charge in [0.05, 0.1) is 0 Å². The van der Waals surface area contributed by atoms with Crippen LogP contribution in [0, 0.1) is 0 Å². The van der Waals surface area contributed by atoms with Crippen LogP contribution in [0.3, 0.4) is 0 Å². The van der Waals surface area contributed by atoms with Crippen LogP contribution in [0.5, 0.6) is 0 Å². The Morgan fingerprint density at radius 2 is 0.870 bits per heavy atom. The Balaban J connectivity index is 1.87. The maximum atomic E-state index is 3.37. The Morgan fingerprint density at radius 3 is 1.13 bits per heavy atom. The summed E-state index contributed by atoms with van der Waals surface area (Å²) < 4.78 is 3.37. The number of rotatable bonds is 4. The highest BCUT2D eigenvalue weighted by Gasteiger charge is 2.13. The topological polar surface area (TPSA) is 12.0 Å². The summed E-state index contributed by atoms with van der Waals surface area (Å²) in [7, 11) is 0. The van der Waals surface area contributed by atoms with E-state index in [-0.39, 0.29) is 10.8 Å². The van der Waals surface area contributed by atoms with Gasteiger partial charge < -0.3 is 0 Å². The Morgan fingerprint density at radius 1 is 0.565 bits per heavy atom. The van der Waals surface area contributed by atoms with Gasteiger partial charge in [0.2, 0.25) is 0 Å². The van der Waals surface area contributed by atoms with Gasteiger partial charge in [-0.05, 0) is 70.1 Å². The van der Waals surface area contributed by atoms with Gasteiger partial charge in [-0.25, -0.2) is 0 Å². The number of benzene rings is 2. The zero-order chi connectivity index (χ0) is 17.1. The predicted octanol–water partition coefficient (Wildman–Crippen LogP) is 6.59. The highest BCUT2D eigenvalue weighted by Crippen LogP contribution is 2.28. The number of hydrogen-bond donors (Lipinski definition) is 1. The van der Waals surface area contributed by atoms with E-state index in [0.717, 1.165) is 0 Å². The summed E-state index contributed by atoms with van der Waals surface area (Å²) in [6, 6.07) is 17.6. The molecule has 2 aromatic rings. The van der Waals surface area contributed by atoms with Gasteiger partial charge in [0.1, 0.15) is 0 Å². The maximum absolute atomic E-state index is 3.37. The predicted molar refractivity (Wildman–Crippen MR) is 105 cm³/mol. The molecular formula is C20H27NS2. The molecule has 0 heterocycles. The molecule has 0 fully saturated rings. The van der Waals surface area contributed by atoms with Gasteiger partial charge >= 0.3 is 0 Å². The zero-order valence-electron chi connectivity index (χ0n) is 14.9. The summed E-state index contributed by atoms with van der Waals surface area (Å²) in [6.45, 7) is 13.4. The van der Waals surface area contributed by atoms with Crippen LogP contribution in [0.15, 0.2) is 58.3 Å².